The average molecular weight is 420 g/mol. The zero-order valence-electron chi connectivity index (χ0n) is 16.2. The molecule has 0 saturated heterocycles. The molecular formula is C21H22ClNO4S. The molecule has 3 aromatic rings. The maximum absolute atomic E-state index is 12.4. The summed E-state index contributed by atoms with van der Waals surface area (Å²) in [7, 11) is -3.52. The number of hydrogen-bond donors (Lipinski definition) is 1. The molecule has 0 spiro atoms. The average Bonchev–Trinajstić information content (AvgIpc) is 2.99. The number of benzene rings is 2. The fraction of sp³-hybridized carbons (Fsp3) is 0.286. The molecule has 7 heteroatoms. The van der Waals surface area contributed by atoms with Crippen LogP contribution in [0.3, 0.4) is 0 Å². The van der Waals surface area contributed by atoms with Crippen LogP contribution in [-0.2, 0) is 26.5 Å². The molecule has 0 fully saturated rings. The van der Waals surface area contributed by atoms with Gasteiger partial charge in [0.1, 0.15) is 11.3 Å². The highest BCUT2D eigenvalue weighted by Crippen LogP contribution is 2.34. The summed E-state index contributed by atoms with van der Waals surface area (Å²) in [6.45, 7) is 5.95. The number of carbonyl (C=O) groups excluding carboxylic acids is 1. The maximum Gasteiger partial charge on any atom is 0.228 e. The van der Waals surface area contributed by atoms with Crippen LogP contribution in [0.4, 0.5) is 5.69 Å². The molecule has 0 atom stereocenters. The molecule has 0 radical (unpaired) electrons. The van der Waals surface area contributed by atoms with E-state index in [1.165, 1.54) is 6.07 Å². The Labute approximate surface area is 169 Å². The zero-order valence-corrected chi connectivity index (χ0v) is 17.7. The van der Waals surface area contributed by atoms with Crippen LogP contribution in [0, 0.1) is 0 Å². The third-order valence-corrected chi connectivity index (χ3v) is 5.84. The molecule has 3 rings (SSSR count). The van der Waals surface area contributed by atoms with E-state index >= 15 is 0 Å². The van der Waals surface area contributed by atoms with Crippen molar-refractivity contribution in [1.29, 1.82) is 0 Å². The quantitative estimate of drug-likeness (QED) is 0.647. The van der Waals surface area contributed by atoms with Crippen molar-refractivity contribution in [2.75, 3.05) is 11.6 Å². The number of nitrogens with one attached hydrogen (secondary N) is 1. The summed E-state index contributed by atoms with van der Waals surface area (Å²) in [5.41, 5.74) is 1.20. The smallest absolute Gasteiger partial charge is 0.228 e. The fourth-order valence-electron chi connectivity index (χ4n) is 2.88. The molecule has 1 aromatic heterocycles. The van der Waals surface area contributed by atoms with Gasteiger partial charge in [0, 0.05) is 33.8 Å². The Morgan fingerprint density at radius 1 is 1.14 bits per heavy atom. The highest BCUT2D eigenvalue weighted by atomic mass is 35.5. The van der Waals surface area contributed by atoms with Crippen molar-refractivity contribution in [3.63, 3.8) is 0 Å². The van der Waals surface area contributed by atoms with Gasteiger partial charge in [-0.1, -0.05) is 50.6 Å². The largest absolute Gasteiger partial charge is 0.460 e. The van der Waals surface area contributed by atoms with Gasteiger partial charge in [-0.3, -0.25) is 4.79 Å². The van der Waals surface area contributed by atoms with E-state index in [1.807, 2.05) is 20.8 Å². The Balaban J connectivity index is 1.99. The molecule has 2 aromatic carbocycles. The monoisotopic (exact) mass is 419 g/mol. The van der Waals surface area contributed by atoms with Gasteiger partial charge in [0.05, 0.1) is 11.3 Å². The Morgan fingerprint density at radius 2 is 1.82 bits per heavy atom. The first-order chi connectivity index (χ1) is 12.9. The molecular weight excluding hydrogens is 398 g/mol. The minimum absolute atomic E-state index is 0.0807. The molecule has 28 heavy (non-hydrogen) atoms. The van der Waals surface area contributed by atoms with Crippen LogP contribution >= 0.6 is 11.6 Å². The number of halogens is 1. The molecule has 0 unspecified atom stereocenters. The molecule has 0 bridgehead atoms. The number of sulfone groups is 1. The van der Waals surface area contributed by atoms with E-state index in [4.69, 9.17) is 16.0 Å². The Morgan fingerprint density at radius 3 is 2.43 bits per heavy atom. The van der Waals surface area contributed by atoms with E-state index in [2.05, 4.69) is 5.32 Å². The van der Waals surface area contributed by atoms with E-state index in [0.29, 0.717) is 33.0 Å². The summed E-state index contributed by atoms with van der Waals surface area (Å²) < 4.78 is 30.5. The van der Waals surface area contributed by atoms with Gasteiger partial charge < -0.3 is 9.73 Å². The normalized spacial score (nSPS) is 12.3. The zero-order chi connectivity index (χ0) is 20.7. The van der Waals surface area contributed by atoms with Crippen molar-refractivity contribution in [3.05, 3.63) is 58.8 Å². The van der Waals surface area contributed by atoms with Crippen LogP contribution in [0.25, 0.3) is 11.0 Å². The first-order valence-corrected chi connectivity index (χ1v) is 11.0. The lowest BCUT2D eigenvalue weighted by Gasteiger charge is -2.13. The molecule has 0 saturated carbocycles. The number of anilines is 1. The van der Waals surface area contributed by atoms with Crippen LogP contribution < -0.4 is 5.32 Å². The van der Waals surface area contributed by atoms with Crippen LogP contribution in [0.1, 0.15) is 32.1 Å². The molecule has 0 aliphatic carbocycles. The van der Waals surface area contributed by atoms with Gasteiger partial charge in [-0.25, -0.2) is 8.42 Å². The molecule has 1 amide bonds. The number of fused-ring (bicyclic) bond motifs is 1. The van der Waals surface area contributed by atoms with Crippen molar-refractivity contribution in [2.24, 2.45) is 0 Å². The molecule has 0 aliphatic rings. The minimum atomic E-state index is -3.52. The van der Waals surface area contributed by atoms with Crippen molar-refractivity contribution >= 4 is 44.0 Å². The van der Waals surface area contributed by atoms with Gasteiger partial charge >= 0.3 is 0 Å². The highest BCUT2D eigenvalue weighted by molar-refractivity contribution is 7.91. The summed E-state index contributed by atoms with van der Waals surface area (Å²) in [5.74, 6) is 0.376. The first kappa shape index (κ1) is 20.4. The number of carbonyl (C=O) groups is 1. The van der Waals surface area contributed by atoms with E-state index in [-0.39, 0.29) is 22.6 Å². The number of amides is 1. The second kappa shape index (κ2) is 7.26. The van der Waals surface area contributed by atoms with Gasteiger partial charge in [-0.2, -0.15) is 0 Å². The van der Waals surface area contributed by atoms with Crippen molar-refractivity contribution in [2.45, 2.75) is 37.5 Å². The predicted molar refractivity (Wildman–Crippen MR) is 112 cm³/mol. The van der Waals surface area contributed by atoms with E-state index in [9.17, 15) is 13.2 Å². The van der Waals surface area contributed by atoms with Gasteiger partial charge in [-0.15, -0.1) is 0 Å². The van der Waals surface area contributed by atoms with Crippen LogP contribution in [0.15, 0.2) is 51.8 Å². The van der Waals surface area contributed by atoms with Gasteiger partial charge in [-0.05, 0) is 23.8 Å². The summed E-state index contributed by atoms with van der Waals surface area (Å²) in [6, 6.07) is 11.9. The summed E-state index contributed by atoms with van der Waals surface area (Å²) in [5, 5.41) is 3.76. The molecule has 1 N–H and O–H groups in total. The lowest BCUT2D eigenvalue weighted by atomic mass is 9.93. The Bertz CT molecular complexity index is 1160. The maximum atomic E-state index is 12.4. The minimum Gasteiger partial charge on any atom is -0.460 e. The first-order valence-electron chi connectivity index (χ1n) is 8.76. The lowest BCUT2D eigenvalue weighted by molar-refractivity contribution is -0.115. The number of rotatable bonds is 4. The predicted octanol–water partition coefficient (Wildman–Crippen LogP) is 4.97. The summed E-state index contributed by atoms with van der Waals surface area (Å²) in [4.78, 5) is 12.6. The van der Waals surface area contributed by atoms with E-state index in [0.717, 1.165) is 6.26 Å². The van der Waals surface area contributed by atoms with E-state index < -0.39 is 9.84 Å². The van der Waals surface area contributed by atoms with Crippen molar-refractivity contribution < 1.29 is 17.6 Å². The SMILES string of the molecule is CC(C)(C)c1cc2c(S(C)(=O)=O)cc(NC(=O)Cc3ccccc3Cl)cc2o1. The molecule has 0 aliphatic heterocycles. The second-order valence-corrected chi connectivity index (χ2v) is 10.2. The lowest BCUT2D eigenvalue weighted by Crippen LogP contribution is -2.15. The number of hydrogen-bond acceptors (Lipinski definition) is 4. The van der Waals surface area contributed by atoms with Gasteiger partial charge in [0.25, 0.3) is 0 Å². The molecule has 5 nitrogen and oxygen atoms in total. The van der Waals surface area contributed by atoms with Gasteiger partial charge in [0.2, 0.25) is 5.91 Å². The fourth-order valence-corrected chi connectivity index (χ4v) is 3.98. The van der Waals surface area contributed by atoms with Crippen LogP contribution in [-0.4, -0.2) is 20.6 Å². The summed E-state index contributed by atoms with van der Waals surface area (Å²) in [6.07, 6.45) is 1.22. The Kier molecular flexibility index (Phi) is 5.30. The standard InChI is InChI=1S/C21H22ClNO4S/c1-21(2,3)19-12-15-17(27-19)10-14(11-18(15)28(4,25)26)23-20(24)9-13-7-5-6-8-16(13)22/h5-8,10-12H,9H2,1-4H3,(H,23,24). The molecule has 1 heterocycles. The topological polar surface area (TPSA) is 76.4 Å². The summed E-state index contributed by atoms with van der Waals surface area (Å²) >= 11 is 6.11. The van der Waals surface area contributed by atoms with Crippen molar-refractivity contribution in [1.82, 2.24) is 0 Å². The van der Waals surface area contributed by atoms with Crippen LogP contribution in [0.2, 0.25) is 5.02 Å². The third kappa shape index (κ3) is 4.39. The Hall–Kier alpha value is -2.31. The van der Waals surface area contributed by atoms with Crippen molar-refractivity contribution in [3.8, 4) is 0 Å². The van der Waals surface area contributed by atoms with Gasteiger partial charge in [0.15, 0.2) is 9.84 Å². The third-order valence-electron chi connectivity index (χ3n) is 4.33. The number of furan rings is 1. The second-order valence-electron chi connectivity index (χ2n) is 7.84. The molecule has 148 valence electrons. The van der Waals surface area contributed by atoms with Crippen LogP contribution in [0.5, 0.6) is 0 Å². The van der Waals surface area contributed by atoms with E-state index in [1.54, 1.807) is 36.4 Å². The highest BCUT2D eigenvalue weighted by Gasteiger charge is 2.23.